The van der Waals surface area contributed by atoms with Gasteiger partial charge in [-0.15, -0.1) is 0 Å². The number of rotatable bonds is 6. The summed E-state index contributed by atoms with van der Waals surface area (Å²) in [5, 5.41) is 14.5. The number of thioether (sulfide) groups is 1. The molecule has 0 amide bonds. The van der Waals surface area contributed by atoms with Gasteiger partial charge in [-0.1, -0.05) is 17.8 Å². The van der Waals surface area contributed by atoms with Crippen molar-refractivity contribution >= 4 is 33.9 Å². The highest BCUT2D eigenvalue weighted by Crippen LogP contribution is 2.31. The number of aromatic nitrogens is 3. The van der Waals surface area contributed by atoms with Gasteiger partial charge in [0, 0.05) is 42.0 Å². The second-order valence-corrected chi connectivity index (χ2v) is 7.50. The summed E-state index contributed by atoms with van der Waals surface area (Å²) < 4.78 is 7.76. The number of imidazole rings is 1. The summed E-state index contributed by atoms with van der Waals surface area (Å²) in [5.41, 5.74) is 2.30. The number of nitriles is 1. The largest absolute Gasteiger partial charge is 0.492 e. The van der Waals surface area contributed by atoms with Crippen molar-refractivity contribution in [1.82, 2.24) is 19.9 Å². The van der Waals surface area contributed by atoms with E-state index in [-0.39, 0.29) is 0 Å². The van der Waals surface area contributed by atoms with E-state index in [1.54, 1.807) is 30.5 Å². The summed E-state index contributed by atoms with van der Waals surface area (Å²) in [6.45, 7) is 4.71. The van der Waals surface area contributed by atoms with Crippen molar-refractivity contribution in [3.63, 3.8) is 0 Å². The number of ether oxygens (including phenoxy) is 1. The maximum atomic E-state index is 9.35. The highest BCUT2D eigenvalue weighted by atomic mass is 32.2. The van der Waals surface area contributed by atoms with Crippen molar-refractivity contribution in [2.45, 2.75) is 13.5 Å². The molecule has 1 aromatic carbocycles. The van der Waals surface area contributed by atoms with E-state index in [0.717, 1.165) is 39.6 Å². The van der Waals surface area contributed by atoms with Crippen molar-refractivity contribution in [1.29, 1.82) is 5.26 Å². The lowest BCUT2D eigenvalue weighted by Crippen LogP contribution is -2.23. The van der Waals surface area contributed by atoms with Crippen LogP contribution >= 0.6 is 11.8 Å². The number of benzene rings is 1. The molecule has 3 aromatic rings. The fraction of sp³-hybridized carbons (Fsp3) is 0.238. The van der Waals surface area contributed by atoms with Crippen LogP contribution < -0.4 is 10.1 Å². The van der Waals surface area contributed by atoms with Crippen LogP contribution in [0.25, 0.3) is 17.0 Å². The van der Waals surface area contributed by atoms with E-state index in [1.807, 2.05) is 35.9 Å². The number of nitrogens with zero attached hydrogens (tertiary/aromatic N) is 5. The smallest absolute Gasteiger partial charge is 0.161 e. The fourth-order valence-corrected chi connectivity index (χ4v) is 3.93. The zero-order valence-corrected chi connectivity index (χ0v) is 16.8. The number of hydrogen-bond acceptors (Lipinski definition) is 7. The molecule has 0 aliphatic carbocycles. The first-order chi connectivity index (χ1) is 14.3. The normalized spacial score (nSPS) is 14.8. The molecule has 0 unspecified atom stereocenters. The number of nitrogens with one attached hydrogen (secondary N) is 1. The highest BCUT2D eigenvalue weighted by molar-refractivity contribution is 8.17. The lowest BCUT2D eigenvalue weighted by molar-refractivity contribution is 0.343. The van der Waals surface area contributed by atoms with Gasteiger partial charge in [0.1, 0.15) is 17.4 Å². The molecule has 0 spiro atoms. The molecule has 0 saturated carbocycles. The van der Waals surface area contributed by atoms with Crippen LogP contribution in [0.3, 0.4) is 0 Å². The molecule has 0 fully saturated rings. The van der Waals surface area contributed by atoms with Crippen LogP contribution in [0.1, 0.15) is 18.1 Å². The van der Waals surface area contributed by atoms with E-state index in [2.05, 4.69) is 32.4 Å². The Bertz CT molecular complexity index is 1110. The molecule has 1 aliphatic rings. The molecule has 0 bridgehead atoms. The third kappa shape index (κ3) is 4.41. The van der Waals surface area contributed by atoms with Crippen LogP contribution in [0.5, 0.6) is 5.75 Å². The zero-order valence-electron chi connectivity index (χ0n) is 16.0. The Morgan fingerprint density at radius 3 is 3.14 bits per heavy atom. The monoisotopic (exact) mass is 404 g/mol. The molecule has 1 aliphatic heterocycles. The SMILES string of the molecule is CCOc1c(C#N)cnc2ccc(/C=C3/CN=C(NCCn4ccnc4)S3)cc12. The molecule has 2 aromatic heterocycles. The average Bonchev–Trinajstić information content (AvgIpc) is 3.41. The number of fused-ring (bicyclic) bond motifs is 1. The lowest BCUT2D eigenvalue weighted by Gasteiger charge is -2.09. The van der Waals surface area contributed by atoms with E-state index in [9.17, 15) is 5.26 Å². The van der Waals surface area contributed by atoms with Crippen LogP contribution in [0, 0.1) is 11.3 Å². The third-order valence-corrected chi connectivity index (χ3v) is 5.37. The number of hydrogen-bond donors (Lipinski definition) is 1. The molecule has 0 saturated heterocycles. The van der Waals surface area contributed by atoms with Crippen LogP contribution in [0.2, 0.25) is 0 Å². The molecule has 146 valence electrons. The summed E-state index contributed by atoms with van der Waals surface area (Å²) in [6.07, 6.45) is 9.21. The molecular weight excluding hydrogens is 384 g/mol. The fourth-order valence-electron chi connectivity index (χ4n) is 3.06. The molecular formula is C21H20N6OS. The third-order valence-electron chi connectivity index (χ3n) is 4.39. The van der Waals surface area contributed by atoms with E-state index >= 15 is 0 Å². The van der Waals surface area contributed by atoms with Gasteiger partial charge in [0.15, 0.2) is 5.17 Å². The highest BCUT2D eigenvalue weighted by Gasteiger charge is 2.14. The van der Waals surface area contributed by atoms with Crippen molar-refractivity contribution in [3.05, 3.63) is 59.1 Å². The minimum Gasteiger partial charge on any atom is -0.492 e. The van der Waals surface area contributed by atoms with Gasteiger partial charge in [0.25, 0.3) is 0 Å². The van der Waals surface area contributed by atoms with Crippen molar-refractivity contribution < 1.29 is 4.74 Å². The van der Waals surface area contributed by atoms with Gasteiger partial charge in [0.05, 0.1) is 25.0 Å². The molecule has 0 atom stereocenters. The van der Waals surface area contributed by atoms with Gasteiger partial charge in [-0.3, -0.25) is 9.98 Å². The van der Waals surface area contributed by atoms with Crippen LogP contribution in [-0.2, 0) is 6.54 Å². The first-order valence-electron chi connectivity index (χ1n) is 9.35. The predicted molar refractivity (Wildman–Crippen MR) is 116 cm³/mol. The first-order valence-corrected chi connectivity index (χ1v) is 10.2. The van der Waals surface area contributed by atoms with Crippen LogP contribution in [0.15, 0.2) is 53.0 Å². The summed E-state index contributed by atoms with van der Waals surface area (Å²) in [6, 6.07) is 8.16. The van der Waals surface area contributed by atoms with E-state index in [1.165, 1.54) is 0 Å². The predicted octanol–water partition coefficient (Wildman–Crippen LogP) is 3.44. The van der Waals surface area contributed by atoms with E-state index in [0.29, 0.717) is 24.5 Å². The molecule has 3 heterocycles. The topological polar surface area (TPSA) is 88.1 Å². The molecule has 8 heteroatoms. The summed E-state index contributed by atoms with van der Waals surface area (Å²) in [4.78, 5) is 14.1. The van der Waals surface area contributed by atoms with Gasteiger partial charge >= 0.3 is 0 Å². The van der Waals surface area contributed by atoms with Crippen LogP contribution in [0.4, 0.5) is 0 Å². The quantitative estimate of drug-likeness (QED) is 0.677. The standard InChI is InChI=1S/C21H20N6OS/c1-2-28-20-16(11-22)12-25-19-4-3-15(10-18(19)20)9-17-13-26-21(29-17)24-6-8-27-7-5-23-14-27/h3-5,7,9-10,12,14H,2,6,8,13H2,1H3,(H,24,26)/b17-9-. The maximum Gasteiger partial charge on any atom is 0.161 e. The summed E-state index contributed by atoms with van der Waals surface area (Å²) in [7, 11) is 0. The number of pyridine rings is 1. The van der Waals surface area contributed by atoms with E-state index < -0.39 is 0 Å². The Hall–Kier alpha value is -3.31. The molecule has 1 N–H and O–H groups in total. The Morgan fingerprint density at radius 1 is 1.41 bits per heavy atom. The Balaban J connectivity index is 1.47. The van der Waals surface area contributed by atoms with Gasteiger partial charge < -0.3 is 14.6 Å². The van der Waals surface area contributed by atoms with Crippen molar-refractivity contribution in [2.24, 2.45) is 4.99 Å². The Morgan fingerprint density at radius 2 is 2.34 bits per heavy atom. The molecule has 7 nitrogen and oxygen atoms in total. The maximum absolute atomic E-state index is 9.35. The number of aliphatic imine (C=N–C) groups is 1. The second-order valence-electron chi connectivity index (χ2n) is 6.38. The first kappa shape index (κ1) is 19.0. The lowest BCUT2D eigenvalue weighted by atomic mass is 10.1. The average molecular weight is 404 g/mol. The number of amidine groups is 1. The zero-order chi connectivity index (χ0) is 20.1. The van der Waals surface area contributed by atoms with Gasteiger partial charge in [-0.05, 0) is 30.7 Å². The minimum atomic E-state index is 0.451. The summed E-state index contributed by atoms with van der Waals surface area (Å²) in [5.74, 6) is 0.595. The summed E-state index contributed by atoms with van der Waals surface area (Å²) >= 11 is 1.65. The van der Waals surface area contributed by atoms with Crippen molar-refractivity contribution in [2.75, 3.05) is 19.7 Å². The van der Waals surface area contributed by atoms with Gasteiger partial charge in [-0.25, -0.2) is 4.98 Å². The van der Waals surface area contributed by atoms with Gasteiger partial charge in [-0.2, -0.15) is 5.26 Å². The Kier molecular flexibility index (Phi) is 5.77. The van der Waals surface area contributed by atoms with E-state index in [4.69, 9.17) is 4.74 Å². The Labute approximate surface area is 173 Å². The minimum absolute atomic E-state index is 0.451. The molecule has 4 rings (SSSR count). The van der Waals surface area contributed by atoms with Crippen molar-refractivity contribution in [3.8, 4) is 11.8 Å². The van der Waals surface area contributed by atoms with Gasteiger partial charge in [0.2, 0.25) is 0 Å². The molecule has 0 radical (unpaired) electrons. The molecule has 29 heavy (non-hydrogen) atoms. The second kappa shape index (κ2) is 8.80. The van der Waals surface area contributed by atoms with Crippen LogP contribution in [-0.4, -0.2) is 39.4 Å².